The third-order valence-electron chi connectivity index (χ3n) is 6.03. The summed E-state index contributed by atoms with van der Waals surface area (Å²) in [5.74, 6) is 0.142. The molecule has 2 N–H and O–H groups in total. The first kappa shape index (κ1) is 19.6. The predicted octanol–water partition coefficient (Wildman–Crippen LogP) is 2.20. The quantitative estimate of drug-likeness (QED) is 0.841. The minimum absolute atomic E-state index is 0.0353. The highest BCUT2D eigenvalue weighted by molar-refractivity contribution is 5.94. The molecule has 2 aliphatic heterocycles. The van der Waals surface area contributed by atoms with E-state index in [1.807, 2.05) is 40.1 Å². The number of hydrazine groups is 1. The van der Waals surface area contributed by atoms with E-state index in [4.69, 9.17) is 0 Å². The van der Waals surface area contributed by atoms with Crippen LogP contribution in [0.3, 0.4) is 0 Å². The Morgan fingerprint density at radius 2 is 1.55 bits per heavy atom. The molecule has 0 aliphatic carbocycles. The van der Waals surface area contributed by atoms with Crippen molar-refractivity contribution in [1.82, 2.24) is 20.7 Å². The number of benzene rings is 2. The number of hydrogen-bond acceptors (Lipinski definition) is 4. The second-order valence-corrected chi connectivity index (χ2v) is 7.96. The molecular weight excluding hydrogens is 364 g/mol. The standard InChI is InChI=1S/C23H28N4O2/c1-16-8-9-19(14-17(16)2)20-15-21(25-24-20)23(29)27-12-10-26(11-13-27)22(28)18-6-4-3-5-7-18/h3-9,14,20-21,24-25H,10-13,15H2,1-2H3. The summed E-state index contributed by atoms with van der Waals surface area (Å²) in [5, 5.41) is 0. The van der Waals surface area contributed by atoms with Crippen LogP contribution in [0.5, 0.6) is 0 Å². The molecule has 2 amide bonds. The van der Waals surface area contributed by atoms with Crippen molar-refractivity contribution in [3.8, 4) is 0 Å². The normalized spacial score (nSPS) is 22.0. The fraction of sp³-hybridized carbons (Fsp3) is 0.391. The molecule has 2 fully saturated rings. The highest BCUT2D eigenvalue weighted by Gasteiger charge is 2.34. The maximum Gasteiger partial charge on any atom is 0.253 e. The van der Waals surface area contributed by atoms with Crippen LogP contribution in [0.25, 0.3) is 0 Å². The number of carbonyl (C=O) groups is 2. The number of carbonyl (C=O) groups excluding carboxylic acids is 2. The van der Waals surface area contributed by atoms with E-state index < -0.39 is 0 Å². The van der Waals surface area contributed by atoms with Gasteiger partial charge in [-0.15, -0.1) is 0 Å². The topological polar surface area (TPSA) is 64.7 Å². The number of nitrogens with zero attached hydrogens (tertiary/aromatic N) is 2. The van der Waals surface area contributed by atoms with Crippen molar-refractivity contribution >= 4 is 11.8 Å². The Morgan fingerprint density at radius 3 is 2.24 bits per heavy atom. The molecule has 2 aromatic carbocycles. The first-order chi connectivity index (χ1) is 14.0. The van der Waals surface area contributed by atoms with Gasteiger partial charge in [-0.25, -0.2) is 10.9 Å². The minimum atomic E-state index is -0.238. The van der Waals surface area contributed by atoms with Gasteiger partial charge in [0, 0.05) is 37.8 Å². The molecule has 152 valence electrons. The van der Waals surface area contributed by atoms with E-state index in [1.165, 1.54) is 16.7 Å². The van der Waals surface area contributed by atoms with Crippen molar-refractivity contribution in [2.45, 2.75) is 32.4 Å². The zero-order valence-electron chi connectivity index (χ0n) is 17.0. The Hall–Kier alpha value is -2.70. The zero-order chi connectivity index (χ0) is 20.4. The fourth-order valence-corrected chi connectivity index (χ4v) is 4.03. The summed E-state index contributed by atoms with van der Waals surface area (Å²) in [6, 6.07) is 15.7. The van der Waals surface area contributed by atoms with E-state index in [-0.39, 0.29) is 23.9 Å². The Labute approximate surface area is 171 Å². The molecule has 2 atom stereocenters. The molecule has 0 saturated carbocycles. The van der Waals surface area contributed by atoms with Gasteiger partial charge in [-0.2, -0.15) is 0 Å². The molecule has 0 radical (unpaired) electrons. The highest BCUT2D eigenvalue weighted by atomic mass is 16.2. The first-order valence-corrected chi connectivity index (χ1v) is 10.2. The van der Waals surface area contributed by atoms with E-state index in [9.17, 15) is 9.59 Å². The van der Waals surface area contributed by atoms with Crippen LogP contribution < -0.4 is 10.9 Å². The Morgan fingerprint density at radius 1 is 0.862 bits per heavy atom. The first-order valence-electron chi connectivity index (χ1n) is 10.2. The SMILES string of the molecule is Cc1ccc(C2CC(C(=O)N3CCN(C(=O)c4ccccc4)CC3)NN2)cc1C. The van der Waals surface area contributed by atoms with Gasteiger partial charge in [0.15, 0.2) is 0 Å². The summed E-state index contributed by atoms with van der Waals surface area (Å²) in [6.45, 7) is 6.50. The summed E-state index contributed by atoms with van der Waals surface area (Å²) in [4.78, 5) is 29.3. The highest BCUT2D eigenvalue weighted by Crippen LogP contribution is 2.25. The van der Waals surface area contributed by atoms with Crippen LogP contribution in [0.15, 0.2) is 48.5 Å². The lowest BCUT2D eigenvalue weighted by Gasteiger charge is -2.36. The monoisotopic (exact) mass is 392 g/mol. The molecule has 6 nitrogen and oxygen atoms in total. The zero-order valence-corrected chi connectivity index (χ0v) is 17.0. The number of aryl methyl sites for hydroxylation is 2. The van der Waals surface area contributed by atoms with Crippen LogP contribution in [0, 0.1) is 13.8 Å². The molecule has 29 heavy (non-hydrogen) atoms. The van der Waals surface area contributed by atoms with E-state index >= 15 is 0 Å². The summed E-state index contributed by atoms with van der Waals surface area (Å²) in [6.07, 6.45) is 0.727. The van der Waals surface area contributed by atoms with Crippen LogP contribution in [-0.4, -0.2) is 53.8 Å². The molecule has 2 heterocycles. The van der Waals surface area contributed by atoms with Gasteiger partial charge in [-0.1, -0.05) is 36.4 Å². The molecule has 0 bridgehead atoms. The average Bonchev–Trinajstić information content (AvgIpc) is 3.25. The van der Waals surface area contributed by atoms with Crippen LogP contribution >= 0.6 is 0 Å². The van der Waals surface area contributed by atoms with E-state index in [1.54, 1.807) is 0 Å². The van der Waals surface area contributed by atoms with Crippen molar-refractivity contribution in [2.75, 3.05) is 26.2 Å². The van der Waals surface area contributed by atoms with Gasteiger partial charge in [-0.3, -0.25) is 9.59 Å². The largest absolute Gasteiger partial charge is 0.338 e. The third-order valence-corrected chi connectivity index (χ3v) is 6.03. The molecule has 4 rings (SSSR count). The van der Waals surface area contributed by atoms with Crippen molar-refractivity contribution in [1.29, 1.82) is 0 Å². The third kappa shape index (κ3) is 4.18. The number of piperazine rings is 1. The van der Waals surface area contributed by atoms with Gasteiger partial charge in [0.2, 0.25) is 5.91 Å². The van der Waals surface area contributed by atoms with Crippen molar-refractivity contribution < 1.29 is 9.59 Å². The van der Waals surface area contributed by atoms with Crippen LogP contribution in [0.2, 0.25) is 0 Å². The summed E-state index contributed by atoms with van der Waals surface area (Å²) >= 11 is 0. The summed E-state index contributed by atoms with van der Waals surface area (Å²) < 4.78 is 0. The van der Waals surface area contributed by atoms with Crippen LogP contribution in [-0.2, 0) is 4.79 Å². The van der Waals surface area contributed by atoms with E-state index in [0.29, 0.717) is 31.7 Å². The van der Waals surface area contributed by atoms with Gasteiger partial charge in [0.25, 0.3) is 5.91 Å². The van der Waals surface area contributed by atoms with Gasteiger partial charge < -0.3 is 9.80 Å². The van der Waals surface area contributed by atoms with Crippen LogP contribution in [0.1, 0.15) is 39.5 Å². The second-order valence-electron chi connectivity index (χ2n) is 7.96. The molecule has 2 saturated heterocycles. The maximum atomic E-state index is 13.0. The van der Waals surface area contributed by atoms with E-state index in [2.05, 4.69) is 42.9 Å². The Kier molecular flexibility index (Phi) is 5.65. The molecule has 2 unspecified atom stereocenters. The van der Waals surface area contributed by atoms with Crippen LogP contribution in [0.4, 0.5) is 0 Å². The lowest BCUT2D eigenvalue weighted by Crippen LogP contribution is -2.54. The van der Waals surface area contributed by atoms with Crippen molar-refractivity contribution in [3.05, 3.63) is 70.8 Å². The van der Waals surface area contributed by atoms with E-state index in [0.717, 1.165) is 6.42 Å². The Bertz CT molecular complexity index is 891. The number of nitrogens with one attached hydrogen (secondary N) is 2. The molecule has 6 heteroatoms. The summed E-state index contributed by atoms with van der Waals surface area (Å²) in [5.41, 5.74) is 10.9. The molecule has 2 aromatic rings. The van der Waals surface area contributed by atoms with Crippen molar-refractivity contribution in [2.24, 2.45) is 0 Å². The van der Waals surface area contributed by atoms with Gasteiger partial charge in [0.1, 0.15) is 6.04 Å². The van der Waals surface area contributed by atoms with Gasteiger partial charge in [-0.05, 0) is 49.1 Å². The molecule has 0 aromatic heterocycles. The smallest absolute Gasteiger partial charge is 0.253 e. The van der Waals surface area contributed by atoms with Crippen molar-refractivity contribution in [3.63, 3.8) is 0 Å². The predicted molar refractivity (Wildman–Crippen MR) is 112 cm³/mol. The Balaban J connectivity index is 1.32. The molecular formula is C23H28N4O2. The molecule has 2 aliphatic rings. The minimum Gasteiger partial charge on any atom is -0.338 e. The summed E-state index contributed by atoms with van der Waals surface area (Å²) in [7, 11) is 0. The maximum absolute atomic E-state index is 13.0. The van der Waals surface area contributed by atoms with Gasteiger partial charge >= 0.3 is 0 Å². The lowest BCUT2D eigenvalue weighted by atomic mass is 9.98. The lowest BCUT2D eigenvalue weighted by molar-refractivity contribution is -0.134. The fourth-order valence-electron chi connectivity index (χ4n) is 4.03. The number of amides is 2. The number of hydrogen-bond donors (Lipinski definition) is 2. The van der Waals surface area contributed by atoms with Gasteiger partial charge in [0.05, 0.1) is 0 Å². The number of rotatable bonds is 3. The molecule has 0 spiro atoms. The average molecular weight is 393 g/mol. The second kappa shape index (κ2) is 8.35.